The van der Waals surface area contributed by atoms with E-state index < -0.39 is 23.8 Å². The van der Waals surface area contributed by atoms with Crippen LogP contribution in [0.4, 0.5) is 10.1 Å². The molecule has 1 heterocycles. The van der Waals surface area contributed by atoms with Crippen molar-refractivity contribution < 1.29 is 14.0 Å². The molecule has 0 saturated heterocycles. The van der Waals surface area contributed by atoms with E-state index in [0.29, 0.717) is 22.5 Å². The van der Waals surface area contributed by atoms with Gasteiger partial charge in [0.25, 0.3) is 11.8 Å². The molecule has 0 saturated carbocycles. The third kappa shape index (κ3) is 3.63. The molecule has 0 bridgehead atoms. The Bertz CT molecular complexity index is 1400. The fraction of sp³-hybridized carbons (Fsp3) is 0.0385. The Kier molecular flexibility index (Phi) is 4.95. The number of fused-ring (bicyclic) bond motifs is 2. The van der Waals surface area contributed by atoms with Gasteiger partial charge in [0.1, 0.15) is 5.82 Å². The van der Waals surface area contributed by atoms with Gasteiger partial charge >= 0.3 is 0 Å². The lowest BCUT2D eigenvalue weighted by Gasteiger charge is -2.14. The van der Waals surface area contributed by atoms with Gasteiger partial charge in [-0.1, -0.05) is 60.7 Å². The van der Waals surface area contributed by atoms with E-state index in [0.717, 1.165) is 10.8 Å². The SMILES string of the molecule is O=C(NC1N=C(c2ccccc2F)c2ccccc2NC1=O)c1ccc2ccccc2c1. The van der Waals surface area contributed by atoms with E-state index in [1.165, 1.54) is 6.07 Å². The summed E-state index contributed by atoms with van der Waals surface area (Å²) in [6.07, 6.45) is -1.23. The van der Waals surface area contributed by atoms with Crippen molar-refractivity contribution in [2.45, 2.75) is 6.17 Å². The van der Waals surface area contributed by atoms with E-state index in [4.69, 9.17) is 0 Å². The smallest absolute Gasteiger partial charge is 0.269 e. The topological polar surface area (TPSA) is 70.6 Å². The summed E-state index contributed by atoms with van der Waals surface area (Å²) in [6, 6.07) is 26.3. The fourth-order valence-electron chi connectivity index (χ4n) is 3.76. The number of nitrogens with one attached hydrogen (secondary N) is 2. The van der Waals surface area contributed by atoms with Gasteiger partial charge in [-0.15, -0.1) is 0 Å². The van der Waals surface area contributed by atoms with Crippen LogP contribution in [0.25, 0.3) is 10.8 Å². The number of carbonyl (C=O) groups excluding carboxylic acids is 2. The maximum Gasteiger partial charge on any atom is 0.269 e. The monoisotopic (exact) mass is 423 g/mol. The minimum absolute atomic E-state index is 0.251. The van der Waals surface area contributed by atoms with Gasteiger partial charge in [-0.2, -0.15) is 0 Å². The van der Waals surface area contributed by atoms with Crippen LogP contribution in [0, 0.1) is 5.82 Å². The highest BCUT2D eigenvalue weighted by Gasteiger charge is 2.28. The molecule has 32 heavy (non-hydrogen) atoms. The van der Waals surface area contributed by atoms with Crippen molar-refractivity contribution in [1.82, 2.24) is 5.32 Å². The number of amides is 2. The van der Waals surface area contributed by atoms with Gasteiger partial charge in [0.2, 0.25) is 6.17 Å². The molecule has 6 heteroatoms. The van der Waals surface area contributed by atoms with Crippen molar-refractivity contribution >= 4 is 34.0 Å². The van der Waals surface area contributed by atoms with Gasteiger partial charge in [0.15, 0.2) is 0 Å². The van der Waals surface area contributed by atoms with Crippen LogP contribution >= 0.6 is 0 Å². The van der Waals surface area contributed by atoms with E-state index in [2.05, 4.69) is 15.6 Å². The van der Waals surface area contributed by atoms with Gasteiger partial charge < -0.3 is 10.6 Å². The van der Waals surface area contributed by atoms with Crippen LogP contribution in [0.5, 0.6) is 0 Å². The molecule has 2 N–H and O–H groups in total. The van der Waals surface area contributed by atoms with Gasteiger partial charge in [0, 0.05) is 16.7 Å². The molecule has 156 valence electrons. The summed E-state index contributed by atoms with van der Waals surface area (Å²) in [7, 11) is 0. The summed E-state index contributed by atoms with van der Waals surface area (Å²) in [5, 5.41) is 7.39. The van der Waals surface area contributed by atoms with E-state index in [9.17, 15) is 14.0 Å². The van der Waals surface area contributed by atoms with Crippen molar-refractivity contribution in [3.8, 4) is 0 Å². The number of halogens is 1. The number of hydrogen-bond donors (Lipinski definition) is 2. The molecule has 1 atom stereocenters. The van der Waals surface area contributed by atoms with E-state index in [1.54, 1.807) is 54.6 Å². The summed E-state index contributed by atoms with van der Waals surface area (Å²) in [6.45, 7) is 0. The number of rotatable bonds is 3. The first-order chi connectivity index (χ1) is 15.6. The molecule has 0 fully saturated rings. The van der Waals surface area contributed by atoms with E-state index in [-0.39, 0.29) is 5.56 Å². The van der Waals surface area contributed by atoms with Gasteiger partial charge in [-0.05, 0) is 41.1 Å². The van der Waals surface area contributed by atoms with Gasteiger partial charge in [-0.3, -0.25) is 9.59 Å². The highest BCUT2D eigenvalue weighted by Crippen LogP contribution is 2.25. The molecular formula is C26H18FN3O2. The van der Waals surface area contributed by atoms with Gasteiger partial charge in [-0.25, -0.2) is 9.38 Å². The number of hydrogen-bond acceptors (Lipinski definition) is 3. The molecular weight excluding hydrogens is 405 g/mol. The summed E-state index contributed by atoms with van der Waals surface area (Å²) < 4.78 is 14.6. The highest BCUT2D eigenvalue weighted by atomic mass is 19.1. The maximum atomic E-state index is 14.6. The molecule has 2 amide bonds. The van der Waals surface area contributed by atoms with Crippen LogP contribution in [-0.4, -0.2) is 23.7 Å². The zero-order chi connectivity index (χ0) is 22.1. The Morgan fingerprint density at radius 2 is 1.53 bits per heavy atom. The minimum Gasteiger partial charge on any atom is -0.322 e. The number of benzene rings is 4. The second kappa shape index (κ2) is 8.07. The van der Waals surface area contributed by atoms with Crippen molar-refractivity contribution in [2.75, 3.05) is 5.32 Å². The molecule has 0 radical (unpaired) electrons. The van der Waals surface area contributed by atoms with Crippen LogP contribution in [0.3, 0.4) is 0 Å². The summed E-state index contributed by atoms with van der Waals surface area (Å²) in [4.78, 5) is 30.3. The molecule has 1 aliphatic rings. The third-order valence-electron chi connectivity index (χ3n) is 5.36. The Morgan fingerprint density at radius 3 is 2.34 bits per heavy atom. The summed E-state index contributed by atoms with van der Waals surface area (Å²) >= 11 is 0. The summed E-state index contributed by atoms with van der Waals surface area (Å²) in [5.41, 5.74) is 2.03. The number of benzodiazepines with no additional fused rings is 1. The molecule has 0 spiro atoms. The Morgan fingerprint density at radius 1 is 0.844 bits per heavy atom. The average Bonchev–Trinajstić information content (AvgIpc) is 2.95. The van der Waals surface area contributed by atoms with Crippen LogP contribution < -0.4 is 10.6 Å². The molecule has 5 rings (SSSR count). The van der Waals surface area contributed by atoms with Crippen LogP contribution in [0.15, 0.2) is 96.0 Å². The van der Waals surface area contributed by atoms with Crippen molar-refractivity contribution in [3.05, 3.63) is 114 Å². The number of carbonyl (C=O) groups is 2. The second-order valence-corrected chi connectivity index (χ2v) is 7.43. The number of anilines is 1. The van der Waals surface area contributed by atoms with Gasteiger partial charge in [0.05, 0.1) is 11.4 Å². The normalized spacial score (nSPS) is 15.3. The first-order valence-electron chi connectivity index (χ1n) is 10.1. The predicted octanol–water partition coefficient (Wildman–Crippen LogP) is 4.52. The number of para-hydroxylation sites is 1. The Hall–Kier alpha value is -4.32. The van der Waals surface area contributed by atoms with Crippen molar-refractivity contribution in [3.63, 3.8) is 0 Å². The van der Waals surface area contributed by atoms with Crippen LogP contribution in [-0.2, 0) is 4.79 Å². The van der Waals surface area contributed by atoms with Crippen LogP contribution in [0.1, 0.15) is 21.5 Å². The summed E-state index contributed by atoms with van der Waals surface area (Å²) in [5.74, 6) is -1.41. The maximum absolute atomic E-state index is 14.6. The lowest BCUT2D eigenvalue weighted by Crippen LogP contribution is -2.42. The molecule has 4 aromatic carbocycles. The standard InChI is InChI=1S/C26H18FN3O2/c27-21-11-5-3-9-19(21)23-20-10-4-6-12-22(20)28-26(32)24(29-23)30-25(31)18-14-13-16-7-1-2-8-17(16)15-18/h1-15,24H,(H,28,32)(H,30,31). The third-order valence-corrected chi connectivity index (χ3v) is 5.36. The zero-order valence-corrected chi connectivity index (χ0v) is 16.9. The van der Waals surface area contributed by atoms with Crippen molar-refractivity contribution in [1.29, 1.82) is 0 Å². The van der Waals surface area contributed by atoms with E-state index >= 15 is 0 Å². The zero-order valence-electron chi connectivity index (χ0n) is 16.9. The minimum atomic E-state index is -1.23. The van der Waals surface area contributed by atoms with E-state index in [1.807, 2.05) is 30.3 Å². The lowest BCUT2D eigenvalue weighted by atomic mass is 10.0. The lowest BCUT2D eigenvalue weighted by molar-refractivity contribution is -0.117. The molecule has 0 aliphatic carbocycles. The highest BCUT2D eigenvalue weighted by molar-refractivity contribution is 6.20. The fourth-order valence-corrected chi connectivity index (χ4v) is 3.76. The van der Waals surface area contributed by atoms with Crippen molar-refractivity contribution in [2.24, 2.45) is 4.99 Å². The molecule has 5 nitrogen and oxygen atoms in total. The first-order valence-corrected chi connectivity index (χ1v) is 10.1. The molecule has 1 aliphatic heterocycles. The number of nitrogens with zero attached hydrogens (tertiary/aromatic N) is 1. The second-order valence-electron chi connectivity index (χ2n) is 7.43. The Labute approximate surface area is 183 Å². The molecule has 4 aromatic rings. The first kappa shape index (κ1) is 19.6. The number of aliphatic imine (C=N–C) groups is 1. The average molecular weight is 423 g/mol. The molecule has 0 aromatic heterocycles. The largest absolute Gasteiger partial charge is 0.322 e. The molecule has 1 unspecified atom stereocenters. The predicted molar refractivity (Wildman–Crippen MR) is 122 cm³/mol. The quantitative estimate of drug-likeness (QED) is 0.509. The van der Waals surface area contributed by atoms with Crippen LogP contribution in [0.2, 0.25) is 0 Å². The Balaban J connectivity index is 1.54.